The second-order valence-electron chi connectivity index (χ2n) is 8.79. The van der Waals surface area contributed by atoms with Crippen molar-refractivity contribution >= 4 is 29.9 Å². The molecule has 1 saturated carbocycles. The lowest BCUT2D eigenvalue weighted by molar-refractivity contribution is -0.137. The smallest absolute Gasteiger partial charge is 0.387 e. The number of alkyl halides is 3. The molecule has 0 amide bonds. The number of ether oxygens (including phenoxy) is 1. The summed E-state index contributed by atoms with van der Waals surface area (Å²) in [5, 5.41) is 17.2. The zero-order valence-electron chi connectivity index (χ0n) is 18.7. The molecule has 3 rings (SSSR count). The van der Waals surface area contributed by atoms with E-state index >= 15 is 0 Å². The fourth-order valence-electron chi connectivity index (χ4n) is 3.88. The monoisotopic (exact) mass is 570 g/mol. The normalized spacial score (nSPS) is 20.8. The quantitative estimate of drug-likeness (QED) is 0.255. The van der Waals surface area contributed by atoms with Gasteiger partial charge in [0, 0.05) is 38.1 Å². The summed E-state index contributed by atoms with van der Waals surface area (Å²) in [7, 11) is 0. The Morgan fingerprint density at radius 1 is 1.22 bits per heavy atom. The number of aliphatic imine (C=N–C) groups is 1. The Balaban J connectivity index is 0.00000363. The predicted molar refractivity (Wildman–Crippen MR) is 130 cm³/mol. The van der Waals surface area contributed by atoms with Crippen molar-refractivity contribution in [3.8, 4) is 0 Å². The van der Waals surface area contributed by atoms with Crippen LogP contribution in [0.25, 0.3) is 0 Å². The molecule has 6 nitrogen and oxygen atoms in total. The second-order valence-corrected chi connectivity index (χ2v) is 8.79. The first-order valence-electron chi connectivity index (χ1n) is 10.9. The van der Waals surface area contributed by atoms with E-state index < -0.39 is 17.3 Å². The predicted octanol–water partition coefficient (Wildman–Crippen LogP) is 2.99. The van der Waals surface area contributed by atoms with E-state index in [-0.39, 0.29) is 35.9 Å². The Bertz CT molecular complexity index is 764. The molecular weight excluding hydrogens is 536 g/mol. The van der Waals surface area contributed by atoms with Crippen molar-refractivity contribution < 1.29 is 23.0 Å². The minimum Gasteiger partial charge on any atom is -0.387 e. The van der Waals surface area contributed by atoms with E-state index in [0.717, 1.165) is 32.0 Å². The minimum absolute atomic E-state index is 0. The molecule has 182 valence electrons. The number of benzene rings is 1. The van der Waals surface area contributed by atoms with E-state index in [0.29, 0.717) is 44.4 Å². The Morgan fingerprint density at radius 3 is 2.50 bits per heavy atom. The molecule has 1 heterocycles. The first-order chi connectivity index (χ1) is 14.6. The highest BCUT2D eigenvalue weighted by atomic mass is 127. The van der Waals surface area contributed by atoms with Crippen LogP contribution >= 0.6 is 24.0 Å². The molecule has 1 aliphatic heterocycles. The molecule has 1 atom stereocenters. The molecule has 0 bridgehead atoms. The van der Waals surface area contributed by atoms with Crippen LogP contribution in [0.5, 0.6) is 0 Å². The van der Waals surface area contributed by atoms with Gasteiger partial charge in [0.2, 0.25) is 0 Å². The summed E-state index contributed by atoms with van der Waals surface area (Å²) in [6.07, 6.45) is -2.69. The maximum absolute atomic E-state index is 13.1. The topological polar surface area (TPSA) is 69.1 Å². The molecule has 1 aromatic carbocycles. The number of nitrogens with one attached hydrogen (secondary N) is 2. The summed E-state index contributed by atoms with van der Waals surface area (Å²) in [5.74, 6) is 0.558. The highest BCUT2D eigenvalue weighted by Gasteiger charge is 2.45. The third-order valence-corrected chi connectivity index (χ3v) is 5.84. The zero-order valence-corrected chi connectivity index (χ0v) is 21.0. The van der Waals surface area contributed by atoms with Crippen molar-refractivity contribution in [2.45, 2.75) is 43.9 Å². The number of nitrogens with zero attached hydrogens (tertiary/aromatic N) is 2. The molecule has 1 aromatic rings. The van der Waals surface area contributed by atoms with Crippen molar-refractivity contribution in [2.24, 2.45) is 4.99 Å². The fourth-order valence-corrected chi connectivity index (χ4v) is 3.88. The summed E-state index contributed by atoms with van der Waals surface area (Å²) in [6.45, 7) is 8.49. The van der Waals surface area contributed by atoms with Gasteiger partial charge < -0.3 is 20.5 Å². The molecule has 0 aromatic heterocycles. The summed E-state index contributed by atoms with van der Waals surface area (Å²) >= 11 is 0. The Hall–Kier alpha value is -1.11. The van der Waals surface area contributed by atoms with Crippen molar-refractivity contribution in [1.82, 2.24) is 15.5 Å². The van der Waals surface area contributed by atoms with Crippen LogP contribution in [0.3, 0.4) is 0 Å². The molecule has 2 aliphatic rings. The molecule has 32 heavy (non-hydrogen) atoms. The SMILES string of the molecule is CCNC(=NCC(C)(O)CN1CCOCC1)NCC1(c2cccc(C(F)(F)F)c2)CC1.I. The third kappa shape index (κ3) is 7.74. The first kappa shape index (κ1) is 27.1. The van der Waals surface area contributed by atoms with Crippen molar-refractivity contribution in [2.75, 3.05) is 52.5 Å². The molecule has 1 unspecified atom stereocenters. The van der Waals surface area contributed by atoms with Crippen LogP contribution in [0, 0.1) is 0 Å². The van der Waals surface area contributed by atoms with Crippen molar-refractivity contribution in [1.29, 1.82) is 0 Å². The molecule has 0 spiro atoms. The highest BCUT2D eigenvalue weighted by molar-refractivity contribution is 14.0. The van der Waals surface area contributed by atoms with E-state index in [1.807, 2.05) is 6.92 Å². The lowest BCUT2D eigenvalue weighted by atomic mass is 9.94. The van der Waals surface area contributed by atoms with Crippen LogP contribution < -0.4 is 10.6 Å². The number of β-amino-alcohol motifs (C(OH)–C–C–N with tert-alkyl or cyclic N) is 1. The van der Waals surface area contributed by atoms with E-state index in [1.165, 1.54) is 12.1 Å². The Morgan fingerprint density at radius 2 is 1.91 bits per heavy atom. The molecule has 0 radical (unpaired) electrons. The number of hydrogen-bond acceptors (Lipinski definition) is 4. The summed E-state index contributed by atoms with van der Waals surface area (Å²) in [5.41, 5.74) is -1.22. The van der Waals surface area contributed by atoms with Crippen LogP contribution in [0.15, 0.2) is 29.3 Å². The molecule has 1 saturated heterocycles. The van der Waals surface area contributed by atoms with Gasteiger partial charge in [0.15, 0.2) is 5.96 Å². The summed E-state index contributed by atoms with van der Waals surface area (Å²) < 4.78 is 44.6. The van der Waals surface area contributed by atoms with Crippen LogP contribution in [0.2, 0.25) is 0 Å². The molecule has 2 fully saturated rings. The highest BCUT2D eigenvalue weighted by Crippen LogP contribution is 2.48. The number of aliphatic hydroxyl groups is 1. The molecule has 10 heteroatoms. The van der Waals surface area contributed by atoms with Gasteiger partial charge in [0.1, 0.15) is 0 Å². The number of guanidine groups is 1. The van der Waals surface area contributed by atoms with Gasteiger partial charge >= 0.3 is 6.18 Å². The van der Waals surface area contributed by atoms with Gasteiger partial charge in [-0.05, 0) is 38.3 Å². The number of hydrogen-bond donors (Lipinski definition) is 3. The Labute approximate surface area is 205 Å². The maximum atomic E-state index is 13.1. The largest absolute Gasteiger partial charge is 0.416 e. The van der Waals surface area contributed by atoms with E-state index in [2.05, 4.69) is 20.5 Å². The lowest BCUT2D eigenvalue weighted by Gasteiger charge is -2.33. The van der Waals surface area contributed by atoms with Gasteiger partial charge in [-0.25, -0.2) is 0 Å². The van der Waals surface area contributed by atoms with Crippen LogP contribution in [-0.2, 0) is 16.3 Å². The van der Waals surface area contributed by atoms with Gasteiger partial charge in [-0.3, -0.25) is 9.89 Å². The molecule has 1 aliphatic carbocycles. The van der Waals surface area contributed by atoms with E-state index in [1.54, 1.807) is 13.0 Å². The zero-order chi connectivity index (χ0) is 22.5. The van der Waals surface area contributed by atoms with Crippen LogP contribution in [0.1, 0.15) is 37.8 Å². The van der Waals surface area contributed by atoms with Gasteiger partial charge in [-0.15, -0.1) is 24.0 Å². The number of halogens is 4. The number of rotatable bonds is 8. The van der Waals surface area contributed by atoms with Gasteiger partial charge in [0.25, 0.3) is 0 Å². The van der Waals surface area contributed by atoms with Gasteiger partial charge in [-0.1, -0.05) is 18.2 Å². The van der Waals surface area contributed by atoms with Crippen LogP contribution in [-0.4, -0.2) is 74.0 Å². The maximum Gasteiger partial charge on any atom is 0.416 e. The lowest BCUT2D eigenvalue weighted by Crippen LogP contribution is -2.48. The fraction of sp³-hybridized carbons (Fsp3) is 0.682. The summed E-state index contributed by atoms with van der Waals surface area (Å²) in [4.78, 5) is 6.70. The average Bonchev–Trinajstić information content (AvgIpc) is 3.51. The molecule has 3 N–H and O–H groups in total. The second kappa shape index (κ2) is 11.3. The summed E-state index contributed by atoms with van der Waals surface area (Å²) in [6, 6.07) is 5.60. The first-order valence-corrected chi connectivity index (χ1v) is 10.9. The van der Waals surface area contributed by atoms with Crippen LogP contribution in [0.4, 0.5) is 13.2 Å². The standard InChI is InChI=1S/C22H33F3N4O2.HI/c1-3-26-19(27-14-20(2,30)16-29-9-11-31-12-10-29)28-15-21(7-8-21)17-5-4-6-18(13-17)22(23,24)25;/h4-6,13,30H,3,7-12,14-16H2,1-2H3,(H2,26,27,28);1H. The third-order valence-electron chi connectivity index (χ3n) is 5.84. The average molecular weight is 570 g/mol. The Kier molecular flexibility index (Phi) is 9.62. The van der Waals surface area contributed by atoms with Crippen molar-refractivity contribution in [3.05, 3.63) is 35.4 Å². The minimum atomic E-state index is -4.35. The van der Waals surface area contributed by atoms with E-state index in [9.17, 15) is 18.3 Å². The van der Waals surface area contributed by atoms with Gasteiger partial charge in [-0.2, -0.15) is 13.2 Å². The van der Waals surface area contributed by atoms with E-state index in [4.69, 9.17) is 4.74 Å². The van der Waals surface area contributed by atoms with Gasteiger partial charge in [0.05, 0.1) is 30.9 Å². The van der Waals surface area contributed by atoms with Crippen molar-refractivity contribution in [3.63, 3.8) is 0 Å². The molecular formula is C22H34F3IN4O2. The number of morpholine rings is 1.